The number of nitrogens with zero attached hydrogens (tertiary/aromatic N) is 5. The van der Waals surface area contributed by atoms with Gasteiger partial charge in [-0.05, 0) is 31.3 Å². The molecule has 1 N–H and O–H groups in total. The second kappa shape index (κ2) is 8.66. The molecule has 2 fully saturated rings. The Kier molecular flexibility index (Phi) is 5.80. The zero-order valence-corrected chi connectivity index (χ0v) is 17.2. The van der Waals surface area contributed by atoms with Crippen molar-refractivity contribution in [2.75, 3.05) is 62.0 Å². The quantitative estimate of drug-likeness (QED) is 0.793. The van der Waals surface area contributed by atoms with Gasteiger partial charge in [0.15, 0.2) is 0 Å². The first kappa shape index (κ1) is 20.1. The second-order valence-corrected chi connectivity index (χ2v) is 7.65. The molecule has 4 rings (SSSR count). The van der Waals surface area contributed by atoms with Gasteiger partial charge in [-0.2, -0.15) is 0 Å². The van der Waals surface area contributed by atoms with Crippen LogP contribution in [-0.2, 0) is 9.59 Å². The number of amides is 2. The van der Waals surface area contributed by atoms with Gasteiger partial charge >= 0.3 is 0 Å². The van der Waals surface area contributed by atoms with Crippen molar-refractivity contribution in [3.8, 4) is 5.75 Å². The predicted octanol–water partition coefficient (Wildman–Crippen LogP) is 1.23. The highest BCUT2D eigenvalue weighted by molar-refractivity contribution is 6.03. The molecule has 0 bridgehead atoms. The molecule has 2 aliphatic rings. The van der Waals surface area contributed by atoms with E-state index in [2.05, 4.69) is 32.1 Å². The van der Waals surface area contributed by atoms with E-state index in [0.29, 0.717) is 18.2 Å². The molecule has 0 saturated carbocycles. The lowest BCUT2D eigenvalue weighted by Crippen LogP contribution is -2.45. The van der Waals surface area contributed by atoms with Crippen molar-refractivity contribution >= 4 is 29.1 Å². The molecule has 2 aliphatic heterocycles. The van der Waals surface area contributed by atoms with Crippen molar-refractivity contribution in [3.63, 3.8) is 0 Å². The summed E-state index contributed by atoms with van der Waals surface area (Å²) in [6.45, 7) is 4.06. The average Bonchev–Trinajstić information content (AvgIpc) is 3.17. The molecule has 1 atom stereocenters. The van der Waals surface area contributed by atoms with Crippen molar-refractivity contribution in [3.05, 3.63) is 36.7 Å². The third-order valence-corrected chi connectivity index (χ3v) is 5.57. The normalized spacial score (nSPS) is 19.8. The molecule has 1 aromatic heterocycles. The summed E-state index contributed by atoms with van der Waals surface area (Å²) >= 11 is 0. The van der Waals surface area contributed by atoms with Crippen LogP contribution in [0.25, 0.3) is 0 Å². The fourth-order valence-corrected chi connectivity index (χ4v) is 3.69. The van der Waals surface area contributed by atoms with Gasteiger partial charge in [0.25, 0.3) is 0 Å². The standard InChI is InChI=1S/C21H26N6O3/c1-25-7-9-26(10-8-25)21-22-12-16(13-23-21)24-20(29)15-11-19(28)27(14-15)17-3-5-18(30-2)6-4-17/h3-6,12-13,15H,7-11,14H2,1-2H3,(H,24,29). The number of hydrogen-bond acceptors (Lipinski definition) is 7. The maximum absolute atomic E-state index is 12.7. The SMILES string of the molecule is COc1ccc(N2CC(C(=O)Nc3cnc(N4CCN(C)CC4)nc3)CC2=O)cc1. The maximum Gasteiger partial charge on any atom is 0.229 e. The molecule has 1 aromatic carbocycles. The monoisotopic (exact) mass is 410 g/mol. The van der Waals surface area contributed by atoms with Crippen LogP contribution in [0.3, 0.4) is 0 Å². The summed E-state index contributed by atoms with van der Waals surface area (Å²) in [6.07, 6.45) is 3.42. The van der Waals surface area contributed by atoms with E-state index < -0.39 is 5.92 Å². The molecular weight excluding hydrogens is 384 g/mol. The number of carbonyl (C=O) groups is 2. The largest absolute Gasteiger partial charge is 0.497 e. The summed E-state index contributed by atoms with van der Waals surface area (Å²) in [5.41, 5.74) is 1.30. The minimum atomic E-state index is -0.420. The van der Waals surface area contributed by atoms with Crippen molar-refractivity contribution in [1.82, 2.24) is 14.9 Å². The lowest BCUT2D eigenvalue weighted by atomic mass is 10.1. The van der Waals surface area contributed by atoms with Gasteiger partial charge in [-0.15, -0.1) is 0 Å². The summed E-state index contributed by atoms with van der Waals surface area (Å²) in [7, 11) is 3.69. The first-order valence-electron chi connectivity index (χ1n) is 10.0. The molecule has 9 heteroatoms. The van der Waals surface area contributed by atoms with Crippen molar-refractivity contribution in [2.45, 2.75) is 6.42 Å². The number of anilines is 3. The smallest absolute Gasteiger partial charge is 0.229 e. The van der Waals surface area contributed by atoms with Crippen LogP contribution in [-0.4, -0.2) is 73.6 Å². The number of nitrogens with one attached hydrogen (secondary N) is 1. The topological polar surface area (TPSA) is 90.9 Å². The number of aromatic nitrogens is 2. The number of methoxy groups -OCH3 is 1. The molecular formula is C21H26N6O3. The molecule has 158 valence electrons. The van der Waals surface area contributed by atoms with E-state index in [9.17, 15) is 9.59 Å². The van der Waals surface area contributed by atoms with Gasteiger partial charge in [-0.25, -0.2) is 9.97 Å². The zero-order chi connectivity index (χ0) is 21.1. The lowest BCUT2D eigenvalue weighted by molar-refractivity contribution is -0.122. The summed E-state index contributed by atoms with van der Waals surface area (Å²) in [5.74, 6) is 0.705. The van der Waals surface area contributed by atoms with Crippen LogP contribution in [0.2, 0.25) is 0 Å². The summed E-state index contributed by atoms with van der Waals surface area (Å²) in [4.78, 5) is 39.9. The molecule has 0 aliphatic carbocycles. The minimum Gasteiger partial charge on any atom is -0.497 e. The summed E-state index contributed by atoms with van der Waals surface area (Å²) in [6, 6.07) is 7.24. The van der Waals surface area contributed by atoms with E-state index in [1.54, 1.807) is 36.5 Å². The third kappa shape index (κ3) is 4.35. The average molecular weight is 410 g/mol. The van der Waals surface area contributed by atoms with E-state index in [1.807, 2.05) is 12.1 Å². The molecule has 3 heterocycles. The van der Waals surface area contributed by atoms with Gasteiger partial charge in [0.1, 0.15) is 5.75 Å². The highest BCUT2D eigenvalue weighted by Gasteiger charge is 2.35. The molecule has 0 spiro atoms. The molecule has 30 heavy (non-hydrogen) atoms. The fraction of sp³-hybridized carbons (Fsp3) is 0.429. The third-order valence-electron chi connectivity index (χ3n) is 5.57. The molecule has 2 amide bonds. The number of hydrogen-bond donors (Lipinski definition) is 1. The van der Waals surface area contributed by atoms with Crippen LogP contribution >= 0.6 is 0 Å². The van der Waals surface area contributed by atoms with E-state index in [4.69, 9.17) is 4.74 Å². The van der Waals surface area contributed by atoms with Gasteiger partial charge in [0.2, 0.25) is 17.8 Å². The Balaban J connectivity index is 1.35. The van der Waals surface area contributed by atoms with Gasteiger partial charge in [-0.3, -0.25) is 9.59 Å². The number of ether oxygens (including phenoxy) is 1. The number of likely N-dealkylation sites (N-methyl/N-ethyl adjacent to an activating group) is 1. The van der Waals surface area contributed by atoms with Crippen LogP contribution < -0.4 is 19.9 Å². The van der Waals surface area contributed by atoms with Crippen LogP contribution in [0.1, 0.15) is 6.42 Å². The van der Waals surface area contributed by atoms with Gasteiger partial charge in [0.05, 0.1) is 31.1 Å². The van der Waals surface area contributed by atoms with Gasteiger partial charge in [0, 0.05) is 44.8 Å². The minimum absolute atomic E-state index is 0.0676. The molecule has 0 radical (unpaired) electrons. The number of piperazine rings is 1. The number of benzene rings is 1. The van der Waals surface area contributed by atoms with Gasteiger partial charge in [-0.1, -0.05) is 0 Å². The second-order valence-electron chi connectivity index (χ2n) is 7.65. The van der Waals surface area contributed by atoms with E-state index in [0.717, 1.165) is 37.6 Å². The summed E-state index contributed by atoms with van der Waals surface area (Å²) in [5, 5.41) is 2.84. The number of rotatable bonds is 5. The predicted molar refractivity (Wildman–Crippen MR) is 114 cm³/mol. The van der Waals surface area contributed by atoms with Crippen molar-refractivity contribution < 1.29 is 14.3 Å². The van der Waals surface area contributed by atoms with E-state index >= 15 is 0 Å². The van der Waals surface area contributed by atoms with Crippen LogP contribution in [0.5, 0.6) is 5.75 Å². The van der Waals surface area contributed by atoms with Crippen molar-refractivity contribution in [1.29, 1.82) is 0 Å². The van der Waals surface area contributed by atoms with Crippen LogP contribution in [0, 0.1) is 5.92 Å². The zero-order valence-electron chi connectivity index (χ0n) is 17.2. The Morgan fingerprint density at radius 1 is 1.10 bits per heavy atom. The maximum atomic E-state index is 12.7. The Labute approximate surface area is 175 Å². The van der Waals surface area contributed by atoms with Crippen molar-refractivity contribution in [2.24, 2.45) is 5.92 Å². The molecule has 1 unspecified atom stereocenters. The Bertz CT molecular complexity index is 894. The fourth-order valence-electron chi connectivity index (χ4n) is 3.69. The lowest BCUT2D eigenvalue weighted by Gasteiger charge is -2.32. The van der Waals surface area contributed by atoms with Crippen LogP contribution in [0.15, 0.2) is 36.7 Å². The highest BCUT2D eigenvalue weighted by Crippen LogP contribution is 2.27. The molecule has 2 saturated heterocycles. The summed E-state index contributed by atoms with van der Waals surface area (Å²) < 4.78 is 5.15. The Morgan fingerprint density at radius 2 is 1.77 bits per heavy atom. The Hall–Kier alpha value is -3.20. The van der Waals surface area contributed by atoms with E-state index in [-0.39, 0.29) is 18.2 Å². The first-order chi connectivity index (χ1) is 14.5. The van der Waals surface area contributed by atoms with E-state index in [1.165, 1.54) is 0 Å². The van der Waals surface area contributed by atoms with Gasteiger partial charge < -0.3 is 24.8 Å². The first-order valence-corrected chi connectivity index (χ1v) is 10.0. The molecule has 2 aromatic rings. The highest BCUT2D eigenvalue weighted by atomic mass is 16.5. The number of carbonyl (C=O) groups excluding carboxylic acids is 2. The van der Waals surface area contributed by atoms with Crippen LogP contribution in [0.4, 0.5) is 17.3 Å². The molecule has 9 nitrogen and oxygen atoms in total. The Morgan fingerprint density at radius 3 is 2.40 bits per heavy atom.